The highest BCUT2D eigenvalue weighted by Crippen LogP contribution is 2.38. The number of esters is 1. The molecule has 1 amide bonds. The minimum absolute atomic E-state index is 0.00290. The molecule has 1 aliphatic carbocycles. The van der Waals surface area contributed by atoms with Crippen LogP contribution in [0.15, 0.2) is 36.0 Å². The van der Waals surface area contributed by atoms with Gasteiger partial charge in [-0.05, 0) is 70.9 Å². The Bertz CT molecular complexity index is 1250. The van der Waals surface area contributed by atoms with Gasteiger partial charge in [0.1, 0.15) is 11.7 Å². The number of nitrogens with zero attached hydrogens (tertiary/aromatic N) is 2. The summed E-state index contributed by atoms with van der Waals surface area (Å²) in [4.78, 5) is 31.1. The number of methoxy groups -OCH3 is 1. The van der Waals surface area contributed by atoms with Crippen LogP contribution < -0.4 is 0 Å². The van der Waals surface area contributed by atoms with Crippen molar-refractivity contribution >= 4 is 12.1 Å². The zero-order valence-electron chi connectivity index (χ0n) is 32.9. The SMILES string of the molecule is CCC(O)C(C)C1OC1CC(C)(O)C=CC=C(C)C1OC(=O)CC(O)CCC(C)(OC)C(OC(=O)N2CCCN(C3CCCCC3)CC2)C=CC1C. The molecule has 10 unspecified atom stereocenters. The number of aliphatic hydroxyl groups is 3. The molecule has 296 valence electrons. The van der Waals surface area contributed by atoms with Crippen LogP contribution >= 0.6 is 0 Å². The van der Waals surface area contributed by atoms with Gasteiger partial charge in [-0.15, -0.1) is 0 Å². The Morgan fingerprint density at radius 1 is 1.13 bits per heavy atom. The summed E-state index contributed by atoms with van der Waals surface area (Å²) in [6, 6.07) is 0.604. The number of carbonyl (C=O) groups is 2. The molecule has 11 heteroatoms. The summed E-state index contributed by atoms with van der Waals surface area (Å²) in [5.41, 5.74) is -1.34. The molecule has 3 N–H and O–H groups in total. The van der Waals surface area contributed by atoms with Crippen LogP contribution in [0, 0.1) is 11.8 Å². The Hall–Kier alpha value is -2.28. The molecular formula is C41H68N2O9. The lowest BCUT2D eigenvalue weighted by molar-refractivity contribution is -0.151. The number of carbonyl (C=O) groups excluding carboxylic acids is 2. The van der Waals surface area contributed by atoms with Crippen molar-refractivity contribution in [1.29, 1.82) is 0 Å². The van der Waals surface area contributed by atoms with E-state index in [-0.39, 0.29) is 43.0 Å². The Morgan fingerprint density at radius 2 is 1.87 bits per heavy atom. The van der Waals surface area contributed by atoms with Gasteiger partial charge in [0.2, 0.25) is 0 Å². The van der Waals surface area contributed by atoms with Crippen molar-refractivity contribution in [1.82, 2.24) is 9.80 Å². The van der Waals surface area contributed by atoms with Gasteiger partial charge in [-0.25, -0.2) is 4.79 Å². The van der Waals surface area contributed by atoms with Crippen LogP contribution in [0.3, 0.4) is 0 Å². The summed E-state index contributed by atoms with van der Waals surface area (Å²) in [7, 11) is 1.58. The standard InChI is InChI=1S/C41H68N2O9/c1-8-33(45)30(4)38-34(50-38)27-40(5,48)20-12-14-28(2)37-29(3)17-18-35(41(6,49-7)21-19-32(44)26-36(46)52-37)51-39(47)43-23-13-22-42(24-25-43)31-15-10-9-11-16-31/h12,14,17-18,20,29-35,37-38,44-45,48H,8-11,13,15-16,19,21-27H2,1-7H3. The van der Waals surface area contributed by atoms with E-state index in [1.807, 2.05) is 57.7 Å². The molecule has 10 atom stereocenters. The van der Waals surface area contributed by atoms with Crippen LogP contribution in [0.5, 0.6) is 0 Å². The molecular weight excluding hydrogens is 664 g/mol. The second-order valence-electron chi connectivity index (χ2n) is 16.3. The number of rotatable bonds is 11. The molecule has 52 heavy (non-hydrogen) atoms. The lowest BCUT2D eigenvalue weighted by atomic mass is 9.88. The highest BCUT2D eigenvalue weighted by molar-refractivity contribution is 5.70. The molecule has 0 bridgehead atoms. The molecule has 0 aromatic heterocycles. The van der Waals surface area contributed by atoms with Crippen LogP contribution in [0.2, 0.25) is 0 Å². The first-order valence-electron chi connectivity index (χ1n) is 19.9. The van der Waals surface area contributed by atoms with Crippen LogP contribution in [0.25, 0.3) is 0 Å². The molecule has 2 saturated heterocycles. The average Bonchev–Trinajstić information content (AvgIpc) is 3.92. The maximum Gasteiger partial charge on any atom is 0.410 e. The minimum Gasteiger partial charge on any atom is -0.457 e. The number of allylic oxidation sites excluding steroid dienone is 2. The summed E-state index contributed by atoms with van der Waals surface area (Å²) in [6.45, 7) is 14.4. The van der Waals surface area contributed by atoms with Gasteiger partial charge in [-0.3, -0.25) is 9.69 Å². The van der Waals surface area contributed by atoms with Crippen molar-refractivity contribution in [3.05, 3.63) is 36.0 Å². The van der Waals surface area contributed by atoms with E-state index in [0.717, 1.165) is 25.1 Å². The van der Waals surface area contributed by atoms with Crippen LogP contribution in [0.4, 0.5) is 4.79 Å². The Labute approximate surface area is 312 Å². The molecule has 4 rings (SSSR count). The van der Waals surface area contributed by atoms with Crippen molar-refractivity contribution in [3.63, 3.8) is 0 Å². The predicted octanol–water partition coefficient (Wildman–Crippen LogP) is 5.70. The maximum atomic E-state index is 13.7. The van der Waals surface area contributed by atoms with Crippen molar-refractivity contribution in [2.24, 2.45) is 11.8 Å². The van der Waals surface area contributed by atoms with Crippen molar-refractivity contribution < 1.29 is 43.9 Å². The fraction of sp³-hybridized carbons (Fsp3) is 0.805. The topological polar surface area (TPSA) is 142 Å². The zero-order valence-corrected chi connectivity index (χ0v) is 32.9. The number of hydrogen-bond donors (Lipinski definition) is 3. The van der Waals surface area contributed by atoms with E-state index in [0.29, 0.717) is 38.4 Å². The number of hydrogen-bond acceptors (Lipinski definition) is 10. The monoisotopic (exact) mass is 732 g/mol. The third-order valence-corrected chi connectivity index (χ3v) is 11.9. The van der Waals surface area contributed by atoms with Crippen molar-refractivity contribution in [2.75, 3.05) is 33.3 Å². The van der Waals surface area contributed by atoms with Gasteiger partial charge in [0, 0.05) is 57.6 Å². The average molecular weight is 733 g/mol. The van der Waals surface area contributed by atoms with Gasteiger partial charge >= 0.3 is 12.1 Å². The van der Waals surface area contributed by atoms with E-state index < -0.39 is 41.6 Å². The first-order valence-corrected chi connectivity index (χ1v) is 19.9. The number of epoxide rings is 1. The van der Waals surface area contributed by atoms with Gasteiger partial charge < -0.3 is 39.2 Å². The van der Waals surface area contributed by atoms with Crippen LogP contribution in [-0.4, -0.2) is 124 Å². The van der Waals surface area contributed by atoms with E-state index in [4.69, 9.17) is 18.9 Å². The molecule has 0 radical (unpaired) electrons. The molecule has 4 aliphatic rings. The smallest absolute Gasteiger partial charge is 0.410 e. The molecule has 0 aromatic rings. The maximum absolute atomic E-state index is 13.7. The molecule has 1 saturated carbocycles. The fourth-order valence-electron chi connectivity index (χ4n) is 8.12. The number of amides is 1. The second kappa shape index (κ2) is 19.4. The van der Waals surface area contributed by atoms with Crippen molar-refractivity contribution in [3.8, 4) is 0 Å². The minimum atomic E-state index is -1.14. The quantitative estimate of drug-likeness (QED) is 0.105. The van der Waals surface area contributed by atoms with Gasteiger partial charge in [0.25, 0.3) is 0 Å². The third-order valence-electron chi connectivity index (χ3n) is 11.9. The van der Waals surface area contributed by atoms with E-state index in [1.165, 1.54) is 32.1 Å². The molecule has 11 nitrogen and oxygen atoms in total. The molecule has 0 spiro atoms. The lowest BCUT2D eigenvalue weighted by Gasteiger charge is -2.37. The number of aliphatic hydroxyl groups excluding tert-OH is 2. The number of cyclic esters (lactones) is 1. The Kier molecular flexibility index (Phi) is 15.8. The summed E-state index contributed by atoms with van der Waals surface area (Å²) in [6.07, 6.45) is 14.4. The van der Waals surface area contributed by atoms with Crippen LogP contribution in [0.1, 0.15) is 112 Å². The van der Waals surface area contributed by atoms with E-state index in [2.05, 4.69) is 4.90 Å². The largest absolute Gasteiger partial charge is 0.457 e. The summed E-state index contributed by atoms with van der Waals surface area (Å²) in [5.74, 6) is -0.827. The molecule has 3 heterocycles. The van der Waals surface area contributed by atoms with Gasteiger partial charge in [0.05, 0.1) is 36.4 Å². The summed E-state index contributed by atoms with van der Waals surface area (Å²) < 4.78 is 24.0. The van der Waals surface area contributed by atoms with Crippen LogP contribution in [-0.2, 0) is 23.7 Å². The van der Waals surface area contributed by atoms with Gasteiger partial charge in [0.15, 0.2) is 6.10 Å². The fourth-order valence-corrected chi connectivity index (χ4v) is 8.12. The van der Waals surface area contributed by atoms with E-state index >= 15 is 0 Å². The van der Waals surface area contributed by atoms with E-state index in [9.17, 15) is 24.9 Å². The summed E-state index contributed by atoms with van der Waals surface area (Å²) in [5, 5.41) is 32.1. The Balaban J connectivity index is 1.46. The predicted molar refractivity (Wildman–Crippen MR) is 201 cm³/mol. The van der Waals surface area contributed by atoms with Gasteiger partial charge in [-0.2, -0.15) is 0 Å². The normalized spacial score (nSPS) is 34.4. The zero-order chi connectivity index (χ0) is 38.1. The highest BCUT2D eigenvalue weighted by Gasteiger charge is 2.47. The first-order chi connectivity index (χ1) is 24.7. The summed E-state index contributed by atoms with van der Waals surface area (Å²) >= 11 is 0. The Morgan fingerprint density at radius 3 is 2.56 bits per heavy atom. The lowest BCUT2D eigenvalue weighted by Crippen LogP contribution is -2.47. The molecule has 3 fully saturated rings. The van der Waals surface area contributed by atoms with Gasteiger partial charge in [-0.1, -0.05) is 64.3 Å². The number of ether oxygens (including phenoxy) is 4. The third kappa shape index (κ3) is 12.1. The highest BCUT2D eigenvalue weighted by atomic mass is 16.6. The molecule has 3 aliphatic heterocycles. The first kappa shape index (κ1) is 42.5. The second-order valence-corrected chi connectivity index (χ2v) is 16.3. The molecule has 0 aromatic carbocycles. The van der Waals surface area contributed by atoms with Crippen molar-refractivity contribution in [2.45, 2.75) is 166 Å². The van der Waals surface area contributed by atoms with E-state index in [1.54, 1.807) is 26.2 Å².